The Bertz CT molecular complexity index is 799. The second kappa shape index (κ2) is 6.81. The van der Waals surface area contributed by atoms with E-state index in [0.29, 0.717) is 6.54 Å². The number of nitrogens with zero attached hydrogens (tertiary/aromatic N) is 2. The molecular formula is C14H16F3N3O3S. The normalized spacial score (nSPS) is 12.4. The van der Waals surface area contributed by atoms with E-state index in [-0.39, 0.29) is 11.4 Å². The van der Waals surface area contributed by atoms with Crippen LogP contribution in [0.3, 0.4) is 0 Å². The number of benzene rings is 1. The predicted molar refractivity (Wildman–Crippen MR) is 80.0 cm³/mol. The molecule has 1 aromatic carbocycles. The van der Waals surface area contributed by atoms with E-state index in [2.05, 4.69) is 14.4 Å². The SMILES string of the molecule is Cc1ncn(CCNS(=O)(=O)c2ccc(OC(F)(F)F)cc2)c1C. The van der Waals surface area contributed by atoms with Gasteiger partial charge in [0.25, 0.3) is 0 Å². The van der Waals surface area contributed by atoms with Crippen LogP contribution in [0.25, 0.3) is 0 Å². The lowest BCUT2D eigenvalue weighted by Gasteiger charge is -2.11. The average molecular weight is 363 g/mol. The zero-order chi connectivity index (χ0) is 18.0. The third-order valence-electron chi connectivity index (χ3n) is 3.36. The van der Waals surface area contributed by atoms with Crippen LogP contribution in [0.15, 0.2) is 35.5 Å². The molecule has 0 spiro atoms. The summed E-state index contributed by atoms with van der Waals surface area (Å²) in [7, 11) is -3.82. The van der Waals surface area contributed by atoms with Crippen molar-refractivity contribution in [3.63, 3.8) is 0 Å². The topological polar surface area (TPSA) is 73.2 Å². The van der Waals surface area contributed by atoms with Crippen LogP contribution in [0.1, 0.15) is 11.4 Å². The lowest BCUT2D eigenvalue weighted by molar-refractivity contribution is -0.274. The molecule has 24 heavy (non-hydrogen) atoms. The molecule has 0 aliphatic rings. The number of sulfonamides is 1. The lowest BCUT2D eigenvalue weighted by atomic mass is 10.3. The van der Waals surface area contributed by atoms with Crippen molar-refractivity contribution in [2.24, 2.45) is 0 Å². The summed E-state index contributed by atoms with van der Waals surface area (Å²) in [6, 6.07) is 4.00. The highest BCUT2D eigenvalue weighted by molar-refractivity contribution is 7.89. The third-order valence-corrected chi connectivity index (χ3v) is 4.83. The van der Waals surface area contributed by atoms with E-state index < -0.39 is 22.1 Å². The molecule has 0 saturated heterocycles. The lowest BCUT2D eigenvalue weighted by Crippen LogP contribution is -2.27. The van der Waals surface area contributed by atoms with Crippen LogP contribution in [0.4, 0.5) is 13.2 Å². The minimum absolute atomic E-state index is 0.125. The van der Waals surface area contributed by atoms with Gasteiger partial charge in [-0.1, -0.05) is 0 Å². The van der Waals surface area contributed by atoms with Gasteiger partial charge in [0.2, 0.25) is 10.0 Å². The van der Waals surface area contributed by atoms with Gasteiger partial charge in [0, 0.05) is 18.8 Å². The predicted octanol–water partition coefficient (Wildman–Crippen LogP) is 2.38. The number of alkyl halides is 3. The van der Waals surface area contributed by atoms with Crippen molar-refractivity contribution in [3.8, 4) is 5.75 Å². The number of aromatic nitrogens is 2. The van der Waals surface area contributed by atoms with Gasteiger partial charge in [-0.3, -0.25) is 0 Å². The average Bonchev–Trinajstić information content (AvgIpc) is 2.78. The monoisotopic (exact) mass is 363 g/mol. The maximum absolute atomic E-state index is 12.1. The fraction of sp³-hybridized carbons (Fsp3) is 0.357. The fourth-order valence-electron chi connectivity index (χ4n) is 1.97. The summed E-state index contributed by atoms with van der Waals surface area (Å²) in [5.41, 5.74) is 1.79. The summed E-state index contributed by atoms with van der Waals surface area (Å²) in [6.07, 6.45) is -3.21. The third kappa shape index (κ3) is 4.71. The van der Waals surface area contributed by atoms with Crippen molar-refractivity contribution >= 4 is 10.0 Å². The van der Waals surface area contributed by atoms with Gasteiger partial charge in [0.1, 0.15) is 5.75 Å². The number of aryl methyl sites for hydroxylation is 1. The van der Waals surface area contributed by atoms with E-state index in [9.17, 15) is 21.6 Å². The van der Waals surface area contributed by atoms with Crippen LogP contribution in [-0.2, 0) is 16.6 Å². The first-order valence-electron chi connectivity index (χ1n) is 6.92. The first-order valence-corrected chi connectivity index (χ1v) is 8.40. The van der Waals surface area contributed by atoms with Crippen molar-refractivity contribution < 1.29 is 26.3 Å². The zero-order valence-electron chi connectivity index (χ0n) is 13.0. The molecule has 132 valence electrons. The Balaban J connectivity index is 1.98. The standard InChI is InChI=1S/C14H16F3N3O3S/c1-10-11(2)20(9-18-10)8-7-19-24(21,22)13-5-3-12(4-6-13)23-14(15,16)17/h3-6,9,19H,7-8H2,1-2H3. The number of nitrogens with one attached hydrogen (secondary N) is 1. The molecule has 2 rings (SSSR count). The Morgan fingerprint density at radius 2 is 1.83 bits per heavy atom. The van der Waals surface area contributed by atoms with Crippen molar-refractivity contribution in [1.29, 1.82) is 0 Å². The van der Waals surface area contributed by atoms with Gasteiger partial charge in [0.05, 0.1) is 16.9 Å². The zero-order valence-corrected chi connectivity index (χ0v) is 13.8. The minimum Gasteiger partial charge on any atom is -0.406 e. The Hall–Kier alpha value is -2.07. The van der Waals surface area contributed by atoms with Crippen LogP contribution in [0.5, 0.6) is 5.75 Å². The van der Waals surface area contributed by atoms with E-state index in [1.165, 1.54) is 0 Å². The molecule has 0 amide bonds. The first kappa shape index (κ1) is 18.3. The van der Waals surface area contributed by atoms with Gasteiger partial charge in [-0.25, -0.2) is 18.1 Å². The van der Waals surface area contributed by atoms with Crippen LogP contribution in [0, 0.1) is 13.8 Å². The van der Waals surface area contributed by atoms with Crippen LogP contribution in [-0.4, -0.2) is 30.9 Å². The van der Waals surface area contributed by atoms with Gasteiger partial charge in [-0.15, -0.1) is 13.2 Å². The van der Waals surface area contributed by atoms with E-state index in [4.69, 9.17) is 0 Å². The fourth-order valence-corrected chi connectivity index (χ4v) is 2.99. The van der Waals surface area contributed by atoms with Crippen LogP contribution in [0.2, 0.25) is 0 Å². The number of imidazole rings is 1. The molecule has 6 nitrogen and oxygen atoms in total. The number of halogens is 3. The summed E-state index contributed by atoms with van der Waals surface area (Å²) in [4.78, 5) is 3.97. The van der Waals surface area contributed by atoms with Gasteiger partial charge in [0.15, 0.2) is 0 Å². The van der Waals surface area contributed by atoms with Crippen molar-refractivity contribution in [2.45, 2.75) is 31.7 Å². The molecule has 1 aromatic heterocycles. The molecule has 0 unspecified atom stereocenters. The van der Waals surface area contributed by atoms with Crippen molar-refractivity contribution in [3.05, 3.63) is 42.0 Å². The number of rotatable bonds is 6. The van der Waals surface area contributed by atoms with Gasteiger partial charge >= 0.3 is 6.36 Å². The summed E-state index contributed by atoms with van der Waals surface area (Å²) in [5.74, 6) is -0.481. The molecule has 0 fully saturated rings. The second-order valence-electron chi connectivity index (χ2n) is 5.03. The van der Waals surface area contributed by atoms with E-state index in [0.717, 1.165) is 35.7 Å². The highest BCUT2D eigenvalue weighted by Gasteiger charge is 2.31. The summed E-state index contributed by atoms with van der Waals surface area (Å²) < 4.78 is 68.3. The summed E-state index contributed by atoms with van der Waals surface area (Å²) in [6.45, 7) is 4.23. The second-order valence-corrected chi connectivity index (χ2v) is 6.79. The molecule has 0 aliphatic heterocycles. The molecule has 0 aliphatic carbocycles. The molecule has 10 heteroatoms. The Kier molecular flexibility index (Phi) is 5.19. The van der Waals surface area contributed by atoms with Crippen LogP contribution < -0.4 is 9.46 Å². The first-order chi connectivity index (χ1) is 11.1. The maximum Gasteiger partial charge on any atom is 0.573 e. The molecule has 0 saturated carbocycles. The maximum atomic E-state index is 12.1. The smallest absolute Gasteiger partial charge is 0.406 e. The van der Waals surface area contributed by atoms with E-state index in [1.807, 2.05) is 13.8 Å². The Morgan fingerprint density at radius 3 is 2.33 bits per heavy atom. The molecule has 1 N–H and O–H groups in total. The van der Waals surface area contributed by atoms with Crippen molar-refractivity contribution in [1.82, 2.24) is 14.3 Å². The van der Waals surface area contributed by atoms with E-state index in [1.54, 1.807) is 10.9 Å². The largest absolute Gasteiger partial charge is 0.573 e. The molecule has 2 aromatic rings. The molecule has 1 heterocycles. The van der Waals surface area contributed by atoms with Gasteiger partial charge in [-0.05, 0) is 38.1 Å². The molecule has 0 radical (unpaired) electrons. The quantitative estimate of drug-likeness (QED) is 0.855. The minimum atomic E-state index is -4.82. The summed E-state index contributed by atoms with van der Waals surface area (Å²) >= 11 is 0. The number of ether oxygens (including phenoxy) is 1. The molecular weight excluding hydrogens is 347 g/mol. The van der Waals surface area contributed by atoms with Crippen LogP contribution >= 0.6 is 0 Å². The van der Waals surface area contributed by atoms with Gasteiger partial charge in [-0.2, -0.15) is 0 Å². The molecule has 0 atom stereocenters. The molecule has 0 bridgehead atoms. The highest BCUT2D eigenvalue weighted by atomic mass is 32.2. The highest BCUT2D eigenvalue weighted by Crippen LogP contribution is 2.23. The number of hydrogen-bond acceptors (Lipinski definition) is 4. The summed E-state index contributed by atoms with van der Waals surface area (Å²) in [5, 5.41) is 0. The van der Waals surface area contributed by atoms with Crippen molar-refractivity contribution in [2.75, 3.05) is 6.54 Å². The number of hydrogen-bond donors (Lipinski definition) is 1. The Labute approximate surface area is 137 Å². The van der Waals surface area contributed by atoms with E-state index >= 15 is 0 Å². The van der Waals surface area contributed by atoms with Gasteiger partial charge < -0.3 is 9.30 Å². The Morgan fingerprint density at radius 1 is 1.21 bits per heavy atom.